The standard InChI is InChI=1S/C6H7NO3/c1-3-2-7-4(5(3)8)6(9)10/h2,7-8H,1H3,(H,9,10). The molecule has 1 aromatic rings. The lowest BCUT2D eigenvalue weighted by Crippen LogP contribution is -1.95. The van der Waals surface area contributed by atoms with Crippen molar-refractivity contribution in [2.24, 2.45) is 0 Å². The molecular formula is C6H7NO3. The number of carbonyl (C=O) groups is 1. The number of H-pyrrole nitrogens is 1. The fourth-order valence-corrected chi connectivity index (χ4v) is 0.677. The molecule has 0 fully saturated rings. The summed E-state index contributed by atoms with van der Waals surface area (Å²) in [5.41, 5.74) is 0.384. The van der Waals surface area contributed by atoms with Crippen LogP contribution >= 0.6 is 0 Å². The van der Waals surface area contributed by atoms with Gasteiger partial charge in [0, 0.05) is 11.8 Å². The van der Waals surface area contributed by atoms with Gasteiger partial charge in [0.1, 0.15) is 0 Å². The van der Waals surface area contributed by atoms with Crippen LogP contribution in [0, 0.1) is 6.92 Å². The van der Waals surface area contributed by atoms with Crippen LogP contribution in [0.2, 0.25) is 0 Å². The van der Waals surface area contributed by atoms with Crippen molar-refractivity contribution < 1.29 is 15.0 Å². The topological polar surface area (TPSA) is 73.3 Å². The maximum Gasteiger partial charge on any atom is 0.356 e. The predicted octanol–water partition coefficient (Wildman–Crippen LogP) is 0.727. The molecule has 0 saturated carbocycles. The Morgan fingerprint density at radius 3 is 2.50 bits per heavy atom. The van der Waals surface area contributed by atoms with E-state index < -0.39 is 5.97 Å². The molecular weight excluding hydrogens is 134 g/mol. The summed E-state index contributed by atoms with van der Waals surface area (Å²) in [5, 5.41) is 17.4. The molecule has 0 radical (unpaired) electrons. The van der Waals surface area contributed by atoms with Crippen molar-refractivity contribution in [1.29, 1.82) is 0 Å². The number of rotatable bonds is 1. The monoisotopic (exact) mass is 141 g/mol. The number of aromatic hydroxyl groups is 1. The van der Waals surface area contributed by atoms with Gasteiger partial charge in [-0.2, -0.15) is 0 Å². The van der Waals surface area contributed by atoms with Crippen LogP contribution in [0.1, 0.15) is 16.1 Å². The number of aryl methyl sites for hydroxylation is 1. The molecule has 0 spiro atoms. The van der Waals surface area contributed by atoms with Gasteiger partial charge in [-0.3, -0.25) is 0 Å². The zero-order valence-corrected chi connectivity index (χ0v) is 5.38. The number of hydrogen-bond donors (Lipinski definition) is 3. The summed E-state index contributed by atoms with van der Waals surface area (Å²) in [7, 11) is 0. The molecule has 0 aliphatic rings. The molecule has 10 heavy (non-hydrogen) atoms. The van der Waals surface area contributed by atoms with Crippen molar-refractivity contribution in [3.05, 3.63) is 17.5 Å². The Hall–Kier alpha value is -1.45. The highest BCUT2D eigenvalue weighted by Gasteiger charge is 2.12. The third-order valence-corrected chi connectivity index (χ3v) is 1.26. The zero-order chi connectivity index (χ0) is 7.72. The van der Waals surface area contributed by atoms with Crippen LogP contribution in [0.3, 0.4) is 0 Å². The van der Waals surface area contributed by atoms with E-state index in [-0.39, 0.29) is 11.4 Å². The molecule has 0 saturated heterocycles. The highest BCUT2D eigenvalue weighted by atomic mass is 16.4. The average molecular weight is 141 g/mol. The van der Waals surface area contributed by atoms with E-state index in [1.54, 1.807) is 6.92 Å². The summed E-state index contributed by atoms with van der Waals surface area (Å²) in [5.74, 6) is -1.34. The largest absolute Gasteiger partial charge is 0.505 e. The third-order valence-electron chi connectivity index (χ3n) is 1.26. The molecule has 0 amide bonds. The fraction of sp³-hybridized carbons (Fsp3) is 0.167. The number of hydrogen-bond acceptors (Lipinski definition) is 2. The number of nitrogens with one attached hydrogen (secondary N) is 1. The molecule has 0 unspecified atom stereocenters. The quantitative estimate of drug-likeness (QED) is 0.539. The summed E-state index contributed by atoms with van der Waals surface area (Å²) in [6.07, 6.45) is 1.44. The molecule has 1 rings (SSSR count). The first-order valence-electron chi connectivity index (χ1n) is 2.73. The van der Waals surface area contributed by atoms with E-state index in [9.17, 15) is 4.79 Å². The Morgan fingerprint density at radius 1 is 1.70 bits per heavy atom. The summed E-state index contributed by atoms with van der Waals surface area (Å²) in [6, 6.07) is 0. The second-order valence-corrected chi connectivity index (χ2v) is 2.00. The van der Waals surface area contributed by atoms with Crippen molar-refractivity contribution >= 4 is 5.97 Å². The number of aromatic nitrogens is 1. The van der Waals surface area contributed by atoms with E-state index in [0.29, 0.717) is 5.56 Å². The fourth-order valence-electron chi connectivity index (χ4n) is 0.677. The second kappa shape index (κ2) is 2.06. The Morgan fingerprint density at radius 2 is 2.30 bits per heavy atom. The van der Waals surface area contributed by atoms with Gasteiger partial charge in [-0.25, -0.2) is 4.79 Å². The Balaban J connectivity index is 3.17. The van der Waals surface area contributed by atoms with Crippen molar-refractivity contribution in [3.8, 4) is 5.75 Å². The maximum atomic E-state index is 10.2. The van der Waals surface area contributed by atoms with Crippen molar-refractivity contribution in [1.82, 2.24) is 4.98 Å². The van der Waals surface area contributed by atoms with Crippen LogP contribution in [0.15, 0.2) is 6.20 Å². The molecule has 3 N–H and O–H groups in total. The maximum absolute atomic E-state index is 10.2. The van der Waals surface area contributed by atoms with Gasteiger partial charge in [0.2, 0.25) is 0 Å². The van der Waals surface area contributed by atoms with Gasteiger partial charge in [-0.1, -0.05) is 0 Å². The minimum absolute atomic E-state index is 0.155. The average Bonchev–Trinajstić information content (AvgIpc) is 2.14. The highest BCUT2D eigenvalue weighted by molar-refractivity contribution is 5.89. The number of carboxylic acids is 1. The first-order chi connectivity index (χ1) is 4.63. The molecule has 0 atom stereocenters. The lowest BCUT2D eigenvalue weighted by atomic mass is 10.3. The van der Waals surface area contributed by atoms with Gasteiger partial charge in [-0.15, -0.1) is 0 Å². The summed E-state index contributed by atoms with van der Waals surface area (Å²) >= 11 is 0. The van der Waals surface area contributed by atoms with Crippen molar-refractivity contribution in [2.75, 3.05) is 0 Å². The van der Waals surface area contributed by atoms with E-state index in [1.165, 1.54) is 6.20 Å². The SMILES string of the molecule is Cc1c[nH]c(C(=O)O)c1O. The van der Waals surface area contributed by atoms with E-state index in [2.05, 4.69) is 4.98 Å². The Kier molecular flexibility index (Phi) is 1.37. The van der Waals surface area contributed by atoms with E-state index in [4.69, 9.17) is 10.2 Å². The van der Waals surface area contributed by atoms with Crippen LogP contribution in [-0.2, 0) is 0 Å². The van der Waals surface area contributed by atoms with Crippen LogP contribution < -0.4 is 0 Å². The minimum atomic E-state index is -1.15. The lowest BCUT2D eigenvalue weighted by molar-refractivity contribution is 0.0688. The summed E-state index contributed by atoms with van der Waals surface area (Å²) in [4.78, 5) is 12.7. The molecule has 1 aromatic heterocycles. The molecule has 54 valence electrons. The van der Waals surface area contributed by atoms with Gasteiger partial charge in [0.05, 0.1) is 0 Å². The Bertz CT molecular complexity index is 264. The number of aromatic amines is 1. The van der Waals surface area contributed by atoms with Gasteiger partial charge in [0.25, 0.3) is 0 Å². The van der Waals surface area contributed by atoms with E-state index in [0.717, 1.165) is 0 Å². The lowest BCUT2D eigenvalue weighted by Gasteiger charge is -1.89. The van der Waals surface area contributed by atoms with Crippen LogP contribution in [-0.4, -0.2) is 21.2 Å². The van der Waals surface area contributed by atoms with Crippen molar-refractivity contribution in [3.63, 3.8) is 0 Å². The Labute approximate surface area is 57.1 Å². The highest BCUT2D eigenvalue weighted by Crippen LogP contribution is 2.19. The van der Waals surface area contributed by atoms with Crippen LogP contribution in [0.4, 0.5) is 0 Å². The molecule has 0 aliphatic heterocycles. The normalized spacial score (nSPS) is 9.70. The molecule has 0 aromatic carbocycles. The van der Waals surface area contributed by atoms with Gasteiger partial charge < -0.3 is 15.2 Å². The second-order valence-electron chi connectivity index (χ2n) is 2.00. The number of carboxylic acid groups (broad SMARTS) is 1. The minimum Gasteiger partial charge on any atom is -0.505 e. The van der Waals surface area contributed by atoms with Crippen LogP contribution in [0.25, 0.3) is 0 Å². The summed E-state index contributed by atoms with van der Waals surface area (Å²) in [6.45, 7) is 1.62. The molecule has 1 heterocycles. The molecule has 0 aliphatic carbocycles. The van der Waals surface area contributed by atoms with Gasteiger partial charge >= 0.3 is 5.97 Å². The molecule has 4 nitrogen and oxygen atoms in total. The molecule has 0 bridgehead atoms. The smallest absolute Gasteiger partial charge is 0.356 e. The predicted molar refractivity (Wildman–Crippen MR) is 34.2 cm³/mol. The van der Waals surface area contributed by atoms with Crippen molar-refractivity contribution in [2.45, 2.75) is 6.92 Å². The zero-order valence-electron chi connectivity index (χ0n) is 5.38. The first-order valence-corrected chi connectivity index (χ1v) is 2.73. The van der Waals surface area contributed by atoms with Gasteiger partial charge in [-0.05, 0) is 6.92 Å². The summed E-state index contributed by atoms with van der Waals surface area (Å²) < 4.78 is 0. The van der Waals surface area contributed by atoms with Gasteiger partial charge in [0.15, 0.2) is 11.4 Å². The van der Waals surface area contributed by atoms with Crippen LogP contribution in [0.5, 0.6) is 5.75 Å². The molecule has 4 heteroatoms. The first kappa shape index (κ1) is 6.67. The number of aromatic carboxylic acids is 1. The van der Waals surface area contributed by atoms with E-state index >= 15 is 0 Å². The van der Waals surface area contributed by atoms with E-state index in [1.807, 2.05) is 0 Å². The third kappa shape index (κ3) is 0.834.